The molecule has 1 aliphatic heterocycles. The summed E-state index contributed by atoms with van der Waals surface area (Å²) in [5.41, 5.74) is 3.12. The largest absolute Gasteiger partial charge is 0.296 e. The van der Waals surface area contributed by atoms with Crippen LogP contribution < -0.4 is 4.90 Å². The van der Waals surface area contributed by atoms with Crippen molar-refractivity contribution in [2.45, 2.75) is 26.3 Å². The quantitative estimate of drug-likeness (QED) is 0.751. The van der Waals surface area contributed by atoms with Crippen LogP contribution in [0.5, 0.6) is 0 Å². The lowest BCUT2D eigenvalue weighted by Gasteiger charge is -2.24. The Kier molecular flexibility index (Phi) is 5.39. The van der Waals surface area contributed by atoms with Crippen LogP contribution in [0.1, 0.15) is 31.4 Å². The second-order valence-electron chi connectivity index (χ2n) is 6.42. The van der Waals surface area contributed by atoms with E-state index in [9.17, 15) is 10.1 Å². The summed E-state index contributed by atoms with van der Waals surface area (Å²) in [6.45, 7) is 4.04. The highest BCUT2D eigenvalue weighted by Gasteiger charge is 2.34. The van der Waals surface area contributed by atoms with Gasteiger partial charge in [-0.25, -0.2) is 0 Å². The molecule has 5 heteroatoms. The third-order valence-electron chi connectivity index (χ3n) is 4.75. The van der Waals surface area contributed by atoms with Gasteiger partial charge in [0.2, 0.25) is 0 Å². The molecule has 1 aliphatic rings. The van der Waals surface area contributed by atoms with Crippen LogP contribution in [0.25, 0.3) is 0 Å². The first kappa shape index (κ1) is 18.2. The van der Waals surface area contributed by atoms with E-state index in [1.807, 2.05) is 50.2 Å². The number of rotatable bonds is 4. The molecular formula is C21H20ClN3O. The molecule has 0 saturated heterocycles. The first-order valence-electron chi connectivity index (χ1n) is 8.68. The van der Waals surface area contributed by atoms with Crippen molar-refractivity contribution in [2.75, 3.05) is 11.4 Å². The minimum atomic E-state index is -0.533. The van der Waals surface area contributed by atoms with Gasteiger partial charge in [0.1, 0.15) is 12.6 Å². The van der Waals surface area contributed by atoms with Gasteiger partial charge in [0.25, 0.3) is 5.91 Å². The van der Waals surface area contributed by atoms with Crippen molar-refractivity contribution in [1.29, 1.82) is 5.26 Å². The molecule has 1 heterocycles. The smallest absolute Gasteiger partial charge is 0.253 e. The Bertz CT molecular complexity index is 886. The number of benzodiazepines with no additional fused rings is 1. The number of halogens is 1. The number of fused-ring (bicyclic) bond motifs is 1. The van der Waals surface area contributed by atoms with E-state index in [4.69, 9.17) is 16.6 Å². The lowest BCUT2D eigenvalue weighted by atomic mass is 9.98. The zero-order chi connectivity index (χ0) is 18.7. The van der Waals surface area contributed by atoms with Gasteiger partial charge >= 0.3 is 0 Å². The summed E-state index contributed by atoms with van der Waals surface area (Å²) < 4.78 is 0. The lowest BCUT2D eigenvalue weighted by Crippen LogP contribution is -2.41. The summed E-state index contributed by atoms with van der Waals surface area (Å²) >= 11 is 6.25. The number of carbonyl (C=O) groups excluding carboxylic acids is 1. The van der Waals surface area contributed by atoms with Gasteiger partial charge in [-0.05, 0) is 24.1 Å². The van der Waals surface area contributed by atoms with Gasteiger partial charge in [-0.3, -0.25) is 14.7 Å². The normalized spacial score (nSPS) is 17.8. The number of hydrogen-bond acceptors (Lipinski definition) is 3. The number of anilines is 1. The Morgan fingerprint density at radius 2 is 2.00 bits per heavy atom. The maximum atomic E-state index is 13.2. The number of nitrogens with zero attached hydrogens (tertiary/aromatic N) is 3. The van der Waals surface area contributed by atoms with Crippen LogP contribution in [0.15, 0.2) is 53.5 Å². The second-order valence-corrected chi connectivity index (χ2v) is 6.85. The summed E-state index contributed by atoms with van der Waals surface area (Å²) in [6, 6.07) is 16.7. The SMILES string of the molecule is CCC(C)[C@@H]1N=C(c2ccccc2)c2cc(Cl)ccc2N(CC#N)C1=O. The molecule has 1 unspecified atom stereocenters. The van der Waals surface area contributed by atoms with Gasteiger partial charge in [-0.15, -0.1) is 0 Å². The van der Waals surface area contributed by atoms with Crippen molar-refractivity contribution in [3.8, 4) is 6.07 Å². The van der Waals surface area contributed by atoms with Crippen LogP contribution in [0, 0.1) is 17.2 Å². The minimum Gasteiger partial charge on any atom is -0.296 e. The summed E-state index contributed by atoms with van der Waals surface area (Å²) in [5.74, 6) is -0.0809. The molecule has 3 rings (SSSR count). The highest BCUT2D eigenvalue weighted by molar-refractivity contribution is 6.32. The lowest BCUT2D eigenvalue weighted by molar-refractivity contribution is -0.120. The molecule has 26 heavy (non-hydrogen) atoms. The average Bonchev–Trinajstić information content (AvgIpc) is 2.77. The van der Waals surface area contributed by atoms with E-state index in [0.29, 0.717) is 10.7 Å². The predicted molar refractivity (Wildman–Crippen MR) is 105 cm³/mol. The van der Waals surface area contributed by atoms with E-state index in [-0.39, 0.29) is 18.4 Å². The highest BCUT2D eigenvalue weighted by Crippen LogP contribution is 2.32. The number of nitriles is 1. The fourth-order valence-corrected chi connectivity index (χ4v) is 3.30. The van der Waals surface area contributed by atoms with E-state index in [2.05, 4.69) is 6.07 Å². The van der Waals surface area contributed by atoms with Crippen LogP contribution in [0.2, 0.25) is 5.02 Å². The Morgan fingerprint density at radius 1 is 1.27 bits per heavy atom. The molecule has 0 aliphatic carbocycles. The standard InChI is InChI=1S/C21H20ClN3O/c1-3-14(2)19-21(26)25(12-11-23)18-10-9-16(22)13-17(18)20(24-19)15-7-5-4-6-8-15/h4-10,13-14,19H,3,12H2,1-2H3/t14?,19-/m0/s1. The molecule has 2 atom stereocenters. The monoisotopic (exact) mass is 365 g/mol. The number of hydrogen-bond donors (Lipinski definition) is 0. The van der Waals surface area contributed by atoms with Gasteiger partial charge in [-0.2, -0.15) is 5.26 Å². The molecule has 0 saturated carbocycles. The molecule has 4 nitrogen and oxygen atoms in total. The molecule has 2 aromatic rings. The van der Waals surface area contributed by atoms with Crippen molar-refractivity contribution < 1.29 is 4.79 Å². The summed E-state index contributed by atoms with van der Waals surface area (Å²) in [4.78, 5) is 19.6. The number of aliphatic imine (C=N–C) groups is 1. The predicted octanol–water partition coefficient (Wildman–Crippen LogP) is 4.46. The summed E-state index contributed by atoms with van der Waals surface area (Å²) in [6.07, 6.45) is 0.819. The average molecular weight is 366 g/mol. The Labute approximate surface area is 158 Å². The van der Waals surface area contributed by atoms with Crippen molar-refractivity contribution in [3.63, 3.8) is 0 Å². The topological polar surface area (TPSA) is 56.5 Å². The molecule has 0 spiro atoms. The van der Waals surface area contributed by atoms with Gasteiger partial charge in [0, 0.05) is 16.1 Å². The van der Waals surface area contributed by atoms with Crippen molar-refractivity contribution in [2.24, 2.45) is 10.9 Å². The van der Waals surface area contributed by atoms with E-state index in [1.54, 1.807) is 12.1 Å². The van der Waals surface area contributed by atoms with Crippen molar-refractivity contribution in [1.82, 2.24) is 0 Å². The van der Waals surface area contributed by atoms with Gasteiger partial charge in [0.15, 0.2) is 0 Å². The molecule has 132 valence electrons. The molecule has 0 fully saturated rings. The van der Waals surface area contributed by atoms with Gasteiger partial charge < -0.3 is 0 Å². The first-order valence-corrected chi connectivity index (χ1v) is 9.06. The van der Waals surface area contributed by atoms with E-state index in [0.717, 1.165) is 23.3 Å². The Hall–Kier alpha value is -2.64. The van der Waals surface area contributed by atoms with E-state index < -0.39 is 6.04 Å². The van der Waals surface area contributed by atoms with Crippen LogP contribution in [0.3, 0.4) is 0 Å². The summed E-state index contributed by atoms with van der Waals surface area (Å²) in [5, 5.41) is 9.83. The highest BCUT2D eigenvalue weighted by atomic mass is 35.5. The molecular weight excluding hydrogens is 346 g/mol. The van der Waals surface area contributed by atoms with Crippen molar-refractivity contribution in [3.05, 3.63) is 64.7 Å². The van der Waals surface area contributed by atoms with Crippen LogP contribution >= 0.6 is 11.6 Å². The third-order valence-corrected chi connectivity index (χ3v) is 4.99. The molecule has 0 bridgehead atoms. The molecule has 0 aromatic heterocycles. The summed E-state index contributed by atoms with van der Waals surface area (Å²) in [7, 11) is 0. The Morgan fingerprint density at radius 3 is 2.65 bits per heavy atom. The third kappa shape index (κ3) is 3.36. The zero-order valence-electron chi connectivity index (χ0n) is 14.8. The number of benzene rings is 2. The molecule has 2 aromatic carbocycles. The zero-order valence-corrected chi connectivity index (χ0v) is 15.6. The van der Waals surface area contributed by atoms with Crippen LogP contribution in [0.4, 0.5) is 5.69 Å². The van der Waals surface area contributed by atoms with Crippen LogP contribution in [-0.4, -0.2) is 24.2 Å². The first-order chi connectivity index (χ1) is 12.6. The van der Waals surface area contributed by atoms with Crippen molar-refractivity contribution >= 4 is 28.9 Å². The number of carbonyl (C=O) groups is 1. The second kappa shape index (κ2) is 7.72. The van der Waals surface area contributed by atoms with E-state index >= 15 is 0 Å². The fraction of sp³-hybridized carbons (Fsp3) is 0.286. The molecule has 0 N–H and O–H groups in total. The Balaban J connectivity index is 2.28. The maximum Gasteiger partial charge on any atom is 0.253 e. The number of amides is 1. The van der Waals surface area contributed by atoms with E-state index in [1.165, 1.54) is 4.90 Å². The molecule has 1 amide bonds. The van der Waals surface area contributed by atoms with Gasteiger partial charge in [0.05, 0.1) is 17.5 Å². The van der Waals surface area contributed by atoms with Crippen LogP contribution in [-0.2, 0) is 4.79 Å². The minimum absolute atomic E-state index is 0.0159. The molecule has 0 radical (unpaired) electrons. The maximum absolute atomic E-state index is 13.2. The van der Waals surface area contributed by atoms with Gasteiger partial charge in [-0.1, -0.05) is 62.2 Å². The fourth-order valence-electron chi connectivity index (χ4n) is 3.13.